The lowest BCUT2D eigenvalue weighted by molar-refractivity contribution is -0.155. The smallest absolute Gasteiger partial charge is 0.334 e. The average molecular weight is 499 g/mol. The molecule has 3 aliphatic carbocycles. The molecular weight excluding hydrogens is 472 g/mol. The van der Waals surface area contributed by atoms with Crippen molar-refractivity contribution in [2.45, 2.75) is 20.8 Å². The van der Waals surface area contributed by atoms with E-state index in [1.54, 1.807) is 81.4 Å². The van der Waals surface area contributed by atoms with Crippen molar-refractivity contribution >= 4 is 41.0 Å². The van der Waals surface area contributed by atoms with Crippen molar-refractivity contribution in [3.8, 4) is 0 Å². The molecule has 4 amide bonds. The Kier molecular flexibility index (Phi) is 5.02. The molecule has 0 aromatic heterocycles. The largest absolute Gasteiger partial charge is 0.463 e. The molecule has 2 heterocycles. The first-order valence-electron chi connectivity index (χ1n) is 12.5. The maximum atomic E-state index is 14.0. The molecule has 1 saturated carbocycles. The van der Waals surface area contributed by atoms with E-state index in [0.29, 0.717) is 16.9 Å². The van der Waals surface area contributed by atoms with Crippen LogP contribution in [0.1, 0.15) is 20.8 Å². The van der Waals surface area contributed by atoms with E-state index < -0.39 is 64.6 Å². The minimum absolute atomic E-state index is 0.116. The number of anilines is 2. The summed E-state index contributed by atoms with van der Waals surface area (Å²) in [6.07, 6.45) is 0. The van der Waals surface area contributed by atoms with Crippen LogP contribution in [0.25, 0.3) is 0 Å². The monoisotopic (exact) mass is 498 g/mol. The van der Waals surface area contributed by atoms with Gasteiger partial charge in [-0.05, 0) is 38.1 Å². The van der Waals surface area contributed by atoms with Gasteiger partial charge in [0.05, 0.1) is 41.7 Å². The van der Waals surface area contributed by atoms with Gasteiger partial charge in [-0.15, -0.1) is 0 Å². The van der Waals surface area contributed by atoms with Gasteiger partial charge in [-0.1, -0.05) is 48.9 Å². The Morgan fingerprint density at radius 2 is 1.19 bits per heavy atom. The fraction of sp³-hybridized carbons (Fsp3) is 0.345. The maximum Gasteiger partial charge on any atom is 0.334 e. The summed E-state index contributed by atoms with van der Waals surface area (Å²) in [7, 11) is 0. The molecule has 37 heavy (non-hydrogen) atoms. The van der Waals surface area contributed by atoms with Gasteiger partial charge in [0, 0.05) is 16.9 Å². The SMILES string of the molecule is CCOC(=O)C1=C(C)C2C3C(=O)N(c4ccccc4)C(=O)C3C1(C)C1C(=O)N(c3ccccc3)C(=O)C21. The highest BCUT2D eigenvalue weighted by Crippen LogP contribution is 2.68. The number of ether oxygens (including phenoxy) is 1. The third kappa shape index (κ3) is 2.81. The third-order valence-electron chi connectivity index (χ3n) is 8.71. The summed E-state index contributed by atoms with van der Waals surface area (Å²) in [6, 6.07) is 17.2. The number of esters is 1. The maximum absolute atomic E-state index is 14.0. The van der Waals surface area contributed by atoms with Crippen molar-refractivity contribution in [3.63, 3.8) is 0 Å². The van der Waals surface area contributed by atoms with E-state index in [4.69, 9.17) is 4.74 Å². The van der Waals surface area contributed by atoms with Gasteiger partial charge >= 0.3 is 5.97 Å². The molecule has 2 saturated heterocycles. The van der Waals surface area contributed by atoms with Gasteiger partial charge in [-0.2, -0.15) is 0 Å². The molecule has 0 radical (unpaired) electrons. The number of nitrogens with zero attached hydrogens (tertiary/aromatic N) is 2. The topological polar surface area (TPSA) is 101 Å². The predicted octanol–water partition coefficient (Wildman–Crippen LogP) is 3.13. The van der Waals surface area contributed by atoms with Crippen LogP contribution in [0.4, 0.5) is 11.4 Å². The van der Waals surface area contributed by atoms with Crippen LogP contribution >= 0.6 is 0 Å². The summed E-state index contributed by atoms with van der Waals surface area (Å²) >= 11 is 0. The molecule has 0 N–H and O–H groups in total. The normalized spacial score (nSPS) is 32.2. The van der Waals surface area contributed by atoms with Gasteiger partial charge in [0.25, 0.3) is 0 Å². The summed E-state index contributed by atoms with van der Waals surface area (Å²) in [6.45, 7) is 5.22. The van der Waals surface area contributed by atoms with Crippen LogP contribution < -0.4 is 9.80 Å². The first-order chi connectivity index (χ1) is 17.7. The molecule has 2 aromatic rings. The van der Waals surface area contributed by atoms with Crippen molar-refractivity contribution in [1.29, 1.82) is 0 Å². The lowest BCUT2D eigenvalue weighted by Crippen LogP contribution is -2.61. The van der Waals surface area contributed by atoms with Crippen LogP contribution in [-0.4, -0.2) is 36.2 Å². The molecule has 2 bridgehead atoms. The Morgan fingerprint density at radius 1 is 0.757 bits per heavy atom. The number of allylic oxidation sites excluding steroid dienone is 1. The predicted molar refractivity (Wildman–Crippen MR) is 133 cm³/mol. The number of carbonyl (C=O) groups excluding carboxylic acids is 5. The van der Waals surface area contributed by atoms with Crippen LogP contribution in [-0.2, 0) is 28.7 Å². The highest BCUT2D eigenvalue weighted by molar-refractivity contribution is 6.27. The average Bonchev–Trinajstić information content (AvgIpc) is 3.31. The first-order valence-corrected chi connectivity index (χ1v) is 12.5. The summed E-state index contributed by atoms with van der Waals surface area (Å²) in [5.41, 5.74) is 0.259. The minimum Gasteiger partial charge on any atom is -0.463 e. The van der Waals surface area contributed by atoms with E-state index in [0.717, 1.165) is 9.80 Å². The number of carbonyl (C=O) groups is 5. The van der Waals surface area contributed by atoms with Crippen molar-refractivity contribution in [3.05, 3.63) is 71.8 Å². The third-order valence-corrected chi connectivity index (χ3v) is 8.71. The van der Waals surface area contributed by atoms with E-state index in [-0.39, 0.29) is 12.2 Å². The number of imide groups is 2. The molecule has 8 heteroatoms. The van der Waals surface area contributed by atoms with Crippen LogP contribution in [0.15, 0.2) is 71.8 Å². The fourth-order valence-electron chi connectivity index (χ4n) is 7.47. The fourth-order valence-corrected chi connectivity index (χ4v) is 7.47. The van der Waals surface area contributed by atoms with Crippen LogP contribution in [0.3, 0.4) is 0 Å². The quantitative estimate of drug-likeness (QED) is 0.474. The number of para-hydroxylation sites is 2. The van der Waals surface area contributed by atoms with E-state index in [1.165, 1.54) is 0 Å². The van der Waals surface area contributed by atoms with E-state index in [1.807, 2.05) is 0 Å². The number of benzene rings is 2. The highest BCUT2D eigenvalue weighted by Gasteiger charge is 2.77. The first kappa shape index (κ1) is 23.3. The number of hydrogen-bond acceptors (Lipinski definition) is 6. The standard InChI is InChI=1S/C29H26N2O6/c1-4-37-28(36)21-15(2)18-19-22(26(34)30(24(19)32)16-11-7-5-8-12-16)29(21,3)23-20(18)25(33)31(27(23)35)17-13-9-6-10-14-17/h5-14,18-20,22-23H,4H2,1-3H3. The zero-order chi connectivity index (χ0) is 26.2. The van der Waals surface area contributed by atoms with Gasteiger partial charge in [-0.25, -0.2) is 4.79 Å². The molecule has 3 fully saturated rings. The van der Waals surface area contributed by atoms with E-state index in [2.05, 4.69) is 0 Å². The second-order valence-electron chi connectivity index (χ2n) is 10.3. The van der Waals surface area contributed by atoms with Gasteiger partial charge in [0.15, 0.2) is 0 Å². The summed E-state index contributed by atoms with van der Waals surface area (Å²) in [5, 5.41) is 0. The summed E-state index contributed by atoms with van der Waals surface area (Å²) in [5.74, 6) is -6.76. The summed E-state index contributed by atoms with van der Waals surface area (Å²) < 4.78 is 5.40. The highest BCUT2D eigenvalue weighted by atomic mass is 16.5. The Hall–Kier alpha value is -4.07. The van der Waals surface area contributed by atoms with Crippen LogP contribution in [0, 0.1) is 35.0 Å². The molecule has 188 valence electrons. The Balaban J connectivity index is 1.56. The molecule has 7 rings (SSSR count). The zero-order valence-electron chi connectivity index (χ0n) is 20.7. The van der Waals surface area contributed by atoms with Gasteiger partial charge in [-0.3, -0.25) is 29.0 Å². The van der Waals surface area contributed by atoms with Crippen molar-refractivity contribution in [2.75, 3.05) is 16.4 Å². The second kappa shape index (κ2) is 7.96. The summed E-state index contributed by atoms with van der Waals surface area (Å²) in [4.78, 5) is 71.6. The molecule has 4 atom stereocenters. The lowest BCUT2D eigenvalue weighted by Gasteiger charge is -2.55. The molecule has 5 aliphatic rings. The Labute approximate surface area is 213 Å². The molecular formula is C29H26N2O6. The molecule has 2 aromatic carbocycles. The van der Waals surface area contributed by atoms with Crippen molar-refractivity contribution in [1.82, 2.24) is 0 Å². The van der Waals surface area contributed by atoms with Crippen molar-refractivity contribution < 1.29 is 28.7 Å². The van der Waals surface area contributed by atoms with Crippen LogP contribution in [0.5, 0.6) is 0 Å². The molecule has 0 spiro atoms. The van der Waals surface area contributed by atoms with Crippen LogP contribution in [0.2, 0.25) is 0 Å². The van der Waals surface area contributed by atoms with E-state index >= 15 is 0 Å². The number of rotatable bonds is 4. The van der Waals surface area contributed by atoms with Gasteiger partial charge in [0.1, 0.15) is 0 Å². The zero-order valence-corrected chi connectivity index (χ0v) is 20.7. The Morgan fingerprint density at radius 3 is 1.59 bits per heavy atom. The van der Waals surface area contributed by atoms with Gasteiger partial charge < -0.3 is 4.74 Å². The van der Waals surface area contributed by atoms with Gasteiger partial charge in [0.2, 0.25) is 23.6 Å². The van der Waals surface area contributed by atoms with Crippen molar-refractivity contribution in [2.24, 2.45) is 35.0 Å². The molecule has 8 nitrogen and oxygen atoms in total. The second-order valence-corrected chi connectivity index (χ2v) is 10.3. The number of hydrogen-bond donors (Lipinski definition) is 0. The Bertz CT molecular complexity index is 1310. The minimum atomic E-state index is -1.40. The van der Waals surface area contributed by atoms with E-state index in [9.17, 15) is 24.0 Å². The number of amides is 4. The molecule has 2 aliphatic heterocycles. The lowest BCUT2D eigenvalue weighted by atomic mass is 9.43. The molecule has 4 unspecified atom stereocenters.